The number of likely N-dealkylation sites (N-methyl/N-ethyl adjacent to an activating group) is 1. The van der Waals surface area contributed by atoms with Crippen molar-refractivity contribution in [3.63, 3.8) is 0 Å². The van der Waals surface area contributed by atoms with E-state index in [1.807, 2.05) is 49.4 Å². The molecule has 1 saturated heterocycles. The maximum absolute atomic E-state index is 12.5. The molecule has 0 saturated carbocycles. The minimum atomic E-state index is -0.0470. The fourth-order valence-electron chi connectivity index (χ4n) is 3.62. The highest BCUT2D eigenvalue weighted by Crippen LogP contribution is 2.27. The first kappa shape index (κ1) is 22.6. The summed E-state index contributed by atoms with van der Waals surface area (Å²) in [5.74, 6) is 2.13. The highest BCUT2D eigenvalue weighted by atomic mass is 32.2. The van der Waals surface area contributed by atoms with E-state index in [1.165, 1.54) is 4.90 Å². The van der Waals surface area contributed by atoms with Crippen molar-refractivity contribution in [3.05, 3.63) is 71.6 Å². The maximum atomic E-state index is 12.5. The lowest BCUT2D eigenvalue weighted by atomic mass is 10.1. The molecule has 0 bridgehead atoms. The molecule has 1 N–H and O–H groups in total. The molecule has 0 unspecified atom stereocenters. The SMILES string of the molecule is Cc1oc(-c2ccc(C(=O)NCCN3CCN(C)CC3)cc2)nc1CSc1ccccc1. The second-order valence-corrected chi connectivity index (χ2v) is 9.15. The molecule has 7 heteroatoms. The van der Waals surface area contributed by atoms with Gasteiger partial charge in [-0.25, -0.2) is 4.98 Å². The summed E-state index contributed by atoms with van der Waals surface area (Å²) in [5.41, 5.74) is 2.47. The first-order chi connectivity index (χ1) is 15.6. The van der Waals surface area contributed by atoms with Crippen LogP contribution in [0.4, 0.5) is 0 Å². The Morgan fingerprint density at radius 2 is 1.78 bits per heavy atom. The number of nitrogens with zero attached hydrogens (tertiary/aromatic N) is 3. The summed E-state index contributed by atoms with van der Waals surface area (Å²) < 4.78 is 5.90. The Bertz CT molecular complexity index is 1010. The zero-order chi connectivity index (χ0) is 22.3. The van der Waals surface area contributed by atoms with Crippen molar-refractivity contribution in [1.29, 1.82) is 0 Å². The van der Waals surface area contributed by atoms with Gasteiger partial charge in [-0.1, -0.05) is 18.2 Å². The van der Waals surface area contributed by atoms with Crippen molar-refractivity contribution in [3.8, 4) is 11.5 Å². The molecule has 1 amide bonds. The van der Waals surface area contributed by atoms with Gasteiger partial charge in [0.1, 0.15) is 5.76 Å². The molecule has 0 aliphatic carbocycles. The topological polar surface area (TPSA) is 61.6 Å². The van der Waals surface area contributed by atoms with Crippen LogP contribution in [0.5, 0.6) is 0 Å². The molecule has 0 atom stereocenters. The molecule has 32 heavy (non-hydrogen) atoms. The number of hydrogen-bond donors (Lipinski definition) is 1. The minimum absolute atomic E-state index is 0.0470. The Balaban J connectivity index is 1.29. The average molecular weight is 451 g/mol. The van der Waals surface area contributed by atoms with Crippen LogP contribution in [0.2, 0.25) is 0 Å². The third-order valence-corrected chi connectivity index (χ3v) is 6.74. The first-order valence-electron chi connectivity index (χ1n) is 11.0. The summed E-state index contributed by atoms with van der Waals surface area (Å²) >= 11 is 1.74. The Morgan fingerprint density at radius 3 is 2.50 bits per heavy atom. The first-order valence-corrected chi connectivity index (χ1v) is 12.0. The van der Waals surface area contributed by atoms with Gasteiger partial charge in [0.05, 0.1) is 5.69 Å². The van der Waals surface area contributed by atoms with Crippen LogP contribution in [0.1, 0.15) is 21.8 Å². The van der Waals surface area contributed by atoms with Crippen molar-refractivity contribution in [2.45, 2.75) is 17.6 Å². The molecule has 4 rings (SSSR count). The van der Waals surface area contributed by atoms with E-state index < -0.39 is 0 Å². The van der Waals surface area contributed by atoms with E-state index in [9.17, 15) is 4.79 Å². The highest BCUT2D eigenvalue weighted by molar-refractivity contribution is 7.98. The van der Waals surface area contributed by atoms with Gasteiger partial charge in [-0.2, -0.15) is 0 Å². The molecule has 0 spiro atoms. The number of nitrogens with one attached hydrogen (secondary N) is 1. The molecule has 3 aromatic rings. The zero-order valence-electron chi connectivity index (χ0n) is 18.7. The van der Waals surface area contributed by atoms with Gasteiger partial charge in [0, 0.05) is 61.0 Å². The standard InChI is InChI=1S/C25H30N4O2S/c1-19-23(18-32-22-6-4-3-5-7-22)27-25(31-19)21-10-8-20(9-11-21)24(30)26-12-13-29-16-14-28(2)15-17-29/h3-11H,12-18H2,1-2H3,(H,26,30). The smallest absolute Gasteiger partial charge is 0.251 e. The Labute approximate surface area is 194 Å². The largest absolute Gasteiger partial charge is 0.441 e. The maximum Gasteiger partial charge on any atom is 0.251 e. The van der Waals surface area contributed by atoms with Crippen molar-refractivity contribution in [2.24, 2.45) is 0 Å². The zero-order valence-corrected chi connectivity index (χ0v) is 19.5. The van der Waals surface area contributed by atoms with Crippen molar-refractivity contribution >= 4 is 17.7 Å². The van der Waals surface area contributed by atoms with E-state index in [4.69, 9.17) is 4.42 Å². The number of hydrogen-bond acceptors (Lipinski definition) is 6. The van der Waals surface area contributed by atoms with E-state index >= 15 is 0 Å². The van der Waals surface area contributed by atoms with Crippen LogP contribution in [0, 0.1) is 6.92 Å². The fourth-order valence-corrected chi connectivity index (χ4v) is 4.54. The van der Waals surface area contributed by atoms with Crippen molar-refractivity contribution in [1.82, 2.24) is 20.1 Å². The monoisotopic (exact) mass is 450 g/mol. The van der Waals surface area contributed by atoms with Crippen LogP contribution in [0.3, 0.4) is 0 Å². The lowest BCUT2D eigenvalue weighted by Crippen LogP contribution is -2.46. The molecule has 2 aromatic carbocycles. The van der Waals surface area contributed by atoms with E-state index in [0.29, 0.717) is 18.0 Å². The summed E-state index contributed by atoms with van der Waals surface area (Å²) in [6, 6.07) is 17.7. The van der Waals surface area contributed by atoms with Crippen molar-refractivity contribution in [2.75, 3.05) is 46.3 Å². The molecule has 1 aromatic heterocycles. The number of amides is 1. The van der Waals surface area contributed by atoms with Crippen LogP contribution >= 0.6 is 11.8 Å². The normalized spacial score (nSPS) is 15.1. The number of oxazole rings is 1. The van der Waals surface area contributed by atoms with Gasteiger partial charge in [-0.05, 0) is 50.4 Å². The number of aromatic nitrogens is 1. The van der Waals surface area contributed by atoms with E-state index in [2.05, 4.69) is 39.3 Å². The minimum Gasteiger partial charge on any atom is -0.441 e. The summed E-state index contributed by atoms with van der Waals surface area (Å²) in [5, 5.41) is 3.03. The van der Waals surface area contributed by atoms with E-state index in [-0.39, 0.29) is 5.91 Å². The lowest BCUT2D eigenvalue weighted by molar-refractivity contribution is 0.0941. The van der Waals surface area contributed by atoms with Gasteiger partial charge in [0.2, 0.25) is 5.89 Å². The van der Waals surface area contributed by atoms with Crippen LogP contribution in [-0.2, 0) is 5.75 Å². The van der Waals surface area contributed by atoms with E-state index in [1.54, 1.807) is 11.8 Å². The molecular formula is C25H30N4O2S. The fraction of sp³-hybridized carbons (Fsp3) is 0.360. The number of rotatable bonds is 8. The molecule has 2 heterocycles. The van der Waals surface area contributed by atoms with Gasteiger partial charge in [0.15, 0.2) is 0 Å². The van der Waals surface area contributed by atoms with Crippen molar-refractivity contribution < 1.29 is 9.21 Å². The predicted octanol–water partition coefficient (Wildman–Crippen LogP) is 3.92. The summed E-state index contributed by atoms with van der Waals surface area (Å²) in [6.07, 6.45) is 0. The Kier molecular flexibility index (Phi) is 7.63. The Hall–Kier alpha value is -2.61. The second kappa shape index (κ2) is 10.8. The van der Waals surface area contributed by atoms with Crippen LogP contribution in [0.15, 0.2) is 63.9 Å². The number of aryl methyl sites for hydroxylation is 1. The van der Waals surface area contributed by atoms with Crippen LogP contribution in [-0.4, -0.2) is 67.0 Å². The van der Waals surface area contributed by atoms with E-state index in [0.717, 1.165) is 55.5 Å². The second-order valence-electron chi connectivity index (χ2n) is 8.10. The van der Waals surface area contributed by atoms with Gasteiger partial charge < -0.3 is 14.6 Å². The van der Waals surface area contributed by atoms with Gasteiger partial charge in [0.25, 0.3) is 5.91 Å². The predicted molar refractivity (Wildman–Crippen MR) is 129 cm³/mol. The molecule has 6 nitrogen and oxygen atoms in total. The quantitative estimate of drug-likeness (QED) is 0.525. The molecule has 1 aliphatic rings. The van der Waals surface area contributed by atoms with Crippen LogP contribution in [0.25, 0.3) is 11.5 Å². The number of thioether (sulfide) groups is 1. The number of piperazine rings is 1. The van der Waals surface area contributed by atoms with Crippen LogP contribution < -0.4 is 5.32 Å². The Morgan fingerprint density at radius 1 is 1.06 bits per heavy atom. The highest BCUT2D eigenvalue weighted by Gasteiger charge is 2.15. The third-order valence-electron chi connectivity index (χ3n) is 5.71. The molecule has 1 aliphatic heterocycles. The number of benzene rings is 2. The van der Waals surface area contributed by atoms with Gasteiger partial charge >= 0.3 is 0 Å². The average Bonchev–Trinajstić information content (AvgIpc) is 3.20. The van der Waals surface area contributed by atoms with Gasteiger partial charge in [-0.3, -0.25) is 9.69 Å². The summed E-state index contributed by atoms with van der Waals surface area (Å²) in [4.78, 5) is 23.1. The number of carbonyl (C=O) groups is 1. The molecule has 1 fully saturated rings. The summed E-state index contributed by atoms with van der Waals surface area (Å²) in [7, 11) is 2.15. The van der Waals surface area contributed by atoms with Gasteiger partial charge in [-0.15, -0.1) is 11.8 Å². The molecular weight excluding hydrogens is 420 g/mol. The lowest BCUT2D eigenvalue weighted by Gasteiger charge is -2.32. The summed E-state index contributed by atoms with van der Waals surface area (Å²) in [6.45, 7) is 7.78. The molecule has 0 radical (unpaired) electrons. The number of carbonyl (C=O) groups excluding carboxylic acids is 1. The molecule has 168 valence electrons. The third kappa shape index (κ3) is 6.00.